The van der Waals surface area contributed by atoms with Crippen LogP contribution in [0.2, 0.25) is 0 Å². The number of hydrogen-bond acceptors (Lipinski definition) is 2. The minimum atomic E-state index is -4.32. The quantitative estimate of drug-likeness (QED) is 0.870. The first-order chi connectivity index (χ1) is 7.84. The van der Waals surface area contributed by atoms with Crippen LogP contribution < -0.4 is 5.32 Å². The first-order valence-corrected chi connectivity index (χ1v) is 5.64. The summed E-state index contributed by atoms with van der Waals surface area (Å²) in [5, 5.41) is 3.03. The highest BCUT2D eigenvalue weighted by Crippen LogP contribution is 2.30. The van der Waals surface area contributed by atoms with Crippen LogP contribution in [0.4, 0.5) is 19.0 Å². The highest BCUT2D eigenvalue weighted by Gasteiger charge is 2.30. The van der Waals surface area contributed by atoms with Gasteiger partial charge in [0.1, 0.15) is 5.82 Å². The van der Waals surface area contributed by atoms with Gasteiger partial charge in [0.15, 0.2) is 0 Å². The van der Waals surface area contributed by atoms with Gasteiger partial charge >= 0.3 is 6.18 Å². The third-order valence-corrected chi connectivity index (χ3v) is 2.67. The fourth-order valence-electron chi connectivity index (χ4n) is 1.62. The second-order valence-corrected chi connectivity index (χ2v) is 4.33. The molecule has 0 saturated carbocycles. The van der Waals surface area contributed by atoms with Crippen LogP contribution in [0.5, 0.6) is 0 Å². The molecule has 0 amide bonds. The Labute approximate surface area is 99.3 Å². The molecule has 1 atom stereocenters. The largest absolute Gasteiger partial charge is 0.416 e. The molecule has 1 aromatic heterocycles. The molecule has 0 aliphatic heterocycles. The average molecular weight is 246 g/mol. The van der Waals surface area contributed by atoms with Crippen LogP contribution in [0.1, 0.15) is 32.8 Å². The zero-order chi connectivity index (χ0) is 13.1. The molecule has 0 radical (unpaired) electrons. The molecule has 5 heteroatoms. The normalized spacial score (nSPS) is 13.8. The van der Waals surface area contributed by atoms with Crippen LogP contribution in [-0.4, -0.2) is 11.0 Å². The molecule has 0 saturated heterocycles. The van der Waals surface area contributed by atoms with Crippen molar-refractivity contribution < 1.29 is 13.2 Å². The van der Waals surface area contributed by atoms with Gasteiger partial charge in [-0.3, -0.25) is 0 Å². The molecule has 0 spiro atoms. The molecule has 1 rings (SSSR count). The zero-order valence-electron chi connectivity index (χ0n) is 10.2. The molecule has 0 aliphatic carbocycles. The number of nitrogens with one attached hydrogen (secondary N) is 1. The molecule has 1 unspecified atom stereocenters. The van der Waals surface area contributed by atoms with E-state index in [1.54, 1.807) is 0 Å². The Balaban J connectivity index is 2.85. The summed E-state index contributed by atoms with van der Waals surface area (Å²) in [6, 6.07) is 2.15. The van der Waals surface area contributed by atoms with E-state index in [2.05, 4.69) is 10.3 Å². The number of hydrogen-bond donors (Lipinski definition) is 1. The molecule has 0 aromatic carbocycles. The molecule has 1 aromatic rings. The van der Waals surface area contributed by atoms with Gasteiger partial charge in [-0.05, 0) is 24.5 Å². The van der Waals surface area contributed by atoms with E-state index in [1.807, 2.05) is 20.8 Å². The van der Waals surface area contributed by atoms with Gasteiger partial charge in [0.2, 0.25) is 0 Å². The van der Waals surface area contributed by atoms with E-state index >= 15 is 0 Å². The summed E-state index contributed by atoms with van der Waals surface area (Å²) in [5.74, 6) is 0.622. The minimum Gasteiger partial charge on any atom is -0.367 e. The number of alkyl halides is 3. The number of anilines is 1. The Hall–Kier alpha value is -1.26. The third-order valence-electron chi connectivity index (χ3n) is 2.67. The van der Waals surface area contributed by atoms with Gasteiger partial charge in [-0.1, -0.05) is 20.8 Å². The predicted octanol–water partition coefficient (Wildman–Crippen LogP) is 3.95. The van der Waals surface area contributed by atoms with Crippen molar-refractivity contribution in [2.75, 3.05) is 5.32 Å². The number of rotatable bonds is 4. The Bertz CT molecular complexity index is 361. The van der Waals surface area contributed by atoms with Crippen molar-refractivity contribution in [3.8, 4) is 0 Å². The smallest absolute Gasteiger partial charge is 0.367 e. The second-order valence-electron chi connectivity index (χ2n) is 4.33. The molecule has 2 nitrogen and oxygen atoms in total. The Morgan fingerprint density at radius 3 is 2.47 bits per heavy atom. The number of aromatic nitrogens is 1. The minimum absolute atomic E-state index is 0.131. The van der Waals surface area contributed by atoms with E-state index in [-0.39, 0.29) is 11.9 Å². The molecule has 0 aliphatic rings. The van der Waals surface area contributed by atoms with Crippen molar-refractivity contribution in [3.63, 3.8) is 0 Å². The molecular weight excluding hydrogens is 229 g/mol. The Kier molecular flexibility index (Phi) is 4.37. The maximum atomic E-state index is 12.5. The van der Waals surface area contributed by atoms with Crippen molar-refractivity contribution in [2.45, 2.75) is 39.4 Å². The SMILES string of the molecule is CCC(Nc1cc(C(F)(F)F)ccn1)C(C)C. The third kappa shape index (κ3) is 3.91. The first-order valence-electron chi connectivity index (χ1n) is 5.64. The van der Waals surface area contributed by atoms with Gasteiger partial charge < -0.3 is 5.32 Å². The zero-order valence-corrected chi connectivity index (χ0v) is 10.2. The standard InChI is InChI=1S/C12H17F3N2/c1-4-10(8(2)3)17-11-7-9(5-6-16-11)12(13,14)15/h5-8,10H,4H2,1-3H3,(H,16,17). The highest BCUT2D eigenvalue weighted by atomic mass is 19.4. The van der Waals surface area contributed by atoms with E-state index in [0.717, 1.165) is 18.6 Å². The maximum absolute atomic E-state index is 12.5. The molecule has 17 heavy (non-hydrogen) atoms. The monoisotopic (exact) mass is 246 g/mol. The topological polar surface area (TPSA) is 24.9 Å². The van der Waals surface area contributed by atoms with E-state index in [9.17, 15) is 13.2 Å². The van der Waals surface area contributed by atoms with E-state index in [0.29, 0.717) is 5.92 Å². The lowest BCUT2D eigenvalue weighted by molar-refractivity contribution is -0.137. The van der Waals surface area contributed by atoms with Crippen LogP contribution in [0.3, 0.4) is 0 Å². The number of nitrogens with zero attached hydrogens (tertiary/aromatic N) is 1. The van der Waals surface area contributed by atoms with Gasteiger partial charge in [-0.15, -0.1) is 0 Å². The molecule has 0 bridgehead atoms. The summed E-state index contributed by atoms with van der Waals surface area (Å²) >= 11 is 0. The van der Waals surface area contributed by atoms with E-state index in [1.165, 1.54) is 6.20 Å². The number of halogens is 3. The molecule has 0 fully saturated rings. The van der Waals surface area contributed by atoms with Crippen LogP contribution in [0.25, 0.3) is 0 Å². The fourth-order valence-corrected chi connectivity index (χ4v) is 1.62. The summed E-state index contributed by atoms with van der Waals surface area (Å²) in [5.41, 5.74) is -0.673. The average Bonchev–Trinajstić information content (AvgIpc) is 2.24. The van der Waals surface area contributed by atoms with Crippen LogP contribution in [0.15, 0.2) is 18.3 Å². The second kappa shape index (κ2) is 5.38. The van der Waals surface area contributed by atoms with Crippen molar-refractivity contribution in [1.29, 1.82) is 0 Å². The highest BCUT2D eigenvalue weighted by molar-refractivity contribution is 5.39. The van der Waals surface area contributed by atoms with Gasteiger partial charge in [-0.25, -0.2) is 4.98 Å². The first kappa shape index (κ1) is 13.8. The number of pyridine rings is 1. The molecule has 96 valence electrons. The molecule has 1 N–H and O–H groups in total. The van der Waals surface area contributed by atoms with Gasteiger partial charge in [-0.2, -0.15) is 13.2 Å². The van der Waals surface area contributed by atoms with Crippen LogP contribution >= 0.6 is 0 Å². The summed E-state index contributed by atoms with van der Waals surface area (Å²) in [6.45, 7) is 6.04. The lowest BCUT2D eigenvalue weighted by Gasteiger charge is -2.21. The van der Waals surface area contributed by atoms with Gasteiger partial charge in [0, 0.05) is 12.2 Å². The van der Waals surface area contributed by atoms with E-state index in [4.69, 9.17) is 0 Å². The molecule has 1 heterocycles. The van der Waals surface area contributed by atoms with Crippen molar-refractivity contribution in [1.82, 2.24) is 4.98 Å². The maximum Gasteiger partial charge on any atom is 0.416 e. The van der Waals surface area contributed by atoms with Crippen molar-refractivity contribution in [3.05, 3.63) is 23.9 Å². The Morgan fingerprint density at radius 2 is 2.00 bits per heavy atom. The van der Waals surface area contributed by atoms with E-state index < -0.39 is 11.7 Å². The summed E-state index contributed by atoms with van der Waals surface area (Å²) < 4.78 is 37.5. The molecular formula is C12H17F3N2. The van der Waals surface area contributed by atoms with Crippen LogP contribution in [0, 0.1) is 5.92 Å². The lowest BCUT2D eigenvalue weighted by Crippen LogP contribution is -2.25. The van der Waals surface area contributed by atoms with Gasteiger partial charge in [0.05, 0.1) is 5.56 Å². The summed E-state index contributed by atoms with van der Waals surface area (Å²) in [6.07, 6.45) is -2.30. The Morgan fingerprint density at radius 1 is 1.35 bits per heavy atom. The lowest BCUT2D eigenvalue weighted by atomic mass is 10.0. The fraction of sp³-hybridized carbons (Fsp3) is 0.583. The van der Waals surface area contributed by atoms with Crippen molar-refractivity contribution in [2.24, 2.45) is 5.92 Å². The summed E-state index contributed by atoms with van der Waals surface area (Å²) in [7, 11) is 0. The summed E-state index contributed by atoms with van der Waals surface area (Å²) in [4.78, 5) is 3.91. The van der Waals surface area contributed by atoms with Crippen molar-refractivity contribution >= 4 is 5.82 Å². The van der Waals surface area contributed by atoms with Crippen LogP contribution in [-0.2, 0) is 6.18 Å². The van der Waals surface area contributed by atoms with Gasteiger partial charge in [0.25, 0.3) is 0 Å². The predicted molar refractivity (Wildman–Crippen MR) is 61.8 cm³/mol.